The number of aryl methyl sites for hydroxylation is 1. The molecular weight excluding hydrogens is 338 g/mol. The number of nitrogens with zero attached hydrogens (tertiary/aromatic N) is 2. The van der Waals surface area contributed by atoms with Crippen LogP contribution in [0.4, 0.5) is 0 Å². The molecule has 1 saturated heterocycles. The second kappa shape index (κ2) is 6.58. The van der Waals surface area contributed by atoms with Crippen molar-refractivity contribution < 1.29 is 4.79 Å². The van der Waals surface area contributed by atoms with E-state index < -0.39 is 0 Å². The fourth-order valence-electron chi connectivity index (χ4n) is 3.85. The first-order valence-corrected chi connectivity index (χ1v) is 10.5. The van der Waals surface area contributed by atoms with E-state index in [1.54, 1.807) is 28.9 Å². The fraction of sp³-hybridized carbons (Fsp3) is 0.556. The van der Waals surface area contributed by atoms with Gasteiger partial charge in [0.2, 0.25) is 0 Å². The Hall–Kier alpha value is -1.24. The number of rotatable bonds is 5. The summed E-state index contributed by atoms with van der Waals surface area (Å²) >= 11 is 3.25. The third-order valence-corrected chi connectivity index (χ3v) is 7.24. The first-order chi connectivity index (χ1) is 11.7. The van der Waals surface area contributed by atoms with E-state index in [0.29, 0.717) is 11.5 Å². The van der Waals surface area contributed by atoms with Crippen LogP contribution in [0.5, 0.6) is 0 Å². The van der Waals surface area contributed by atoms with Crippen LogP contribution in [0.1, 0.15) is 46.4 Å². The molecule has 2 aromatic rings. The van der Waals surface area contributed by atoms with Crippen LogP contribution in [0.3, 0.4) is 0 Å². The van der Waals surface area contributed by atoms with Crippen molar-refractivity contribution >= 4 is 28.6 Å². The molecule has 4 rings (SSSR count). The zero-order valence-corrected chi connectivity index (χ0v) is 15.6. The summed E-state index contributed by atoms with van der Waals surface area (Å²) in [4.78, 5) is 20.5. The molecule has 24 heavy (non-hydrogen) atoms. The van der Waals surface area contributed by atoms with Crippen molar-refractivity contribution in [1.29, 1.82) is 0 Å². The molecule has 0 radical (unpaired) electrons. The Labute approximate surface area is 150 Å². The predicted molar refractivity (Wildman–Crippen MR) is 98.6 cm³/mol. The summed E-state index contributed by atoms with van der Waals surface area (Å²) in [5.74, 6) is 0.166. The maximum absolute atomic E-state index is 13.2. The van der Waals surface area contributed by atoms with E-state index in [1.807, 2.05) is 0 Å². The zero-order valence-electron chi connectivity index (χ0n) is 14.0. The first-order valence-electron chi connectivity index (χ1n) is 8.69. The molecule has 2 aliphatic rings. The van der Waals surface area contributed by atoms with Gasteiger partial charge in [0, 0.05) is 12.6 Å². The monoisotopic (exact) mass is 361 g/mol. The maximum Gasteiger partial charge on any atom is 0.266 e. The summed E-state index contributed by atoms with van der Waals surface area (Å²) in [7, 11) is 0. The highest BCUT2D eigenvalue weighted by molar-refractivity contribution is 7.13. The molecule has 1 aliphatic carbocycles. The molecule has 1 spiro atoms. The molecule has 1 saturated carbocycles. The SMILES string of the molecule is CCc1ncc(C(=O)N(Cc2ccsc2)[C@H]2CC23CCNCC3)s1. The van der Waals surface area contributed by atoms with Crippen molar-refractivity contribution in [3.63, 3.8) is 0 Å². The smallest absolute Gasteiger partial charge is 0.266 e. The van der Waals surface area contributed by atoms with Crippen LogP contribution in [0, 0.1) is 5.41 Å². The van der Waals surface area contributed by atoms with Gasteiger partial charge in [-0.25, -0.2) is 4.98 Å². The van der Waals surface area contributed by atoms with Gasteiger partial charge in [-0.3, -0.25) is 4.79 Å². The average Bonchev–Trinajstić information content (AvgIpc) is 3.05. The molecule has 6 heteroatoms. The third kappa shape index (κ3) is 3.03. The molecule has 128 valence electrons. The van der Waals surface area contributed by atoms with Crippen LogP contribution in [0.2, 0.25) is 0 Å². The lowest BCUT2D eigenvalue weighted by Crippen LogP contribution is -2.38. The number of aromatic nitrogens is 1. The summed E-state index contributed by atoms with van der Waals surface area (Å²) in [6, 6.07) is 2.52. The van der Waals surface area contributed by atoms with Crippen LogP contribution >= 0.6 is 22.7 Å². The minimum absolute atomic E-state index is 0.166. The average molecular weight is 362 g/mol. The first kappa shape index (κ1) is 16.2. The standard InChI is InChI=1S/C18H23N3OS2/c1-2-16-20-10-14(24-16)17(22)21(11-13-3-8-23-12-13)15-9-18(15)4-6-19-7-5-18/h3,8,10,12,15,19H,2,4-7,9,11H2,1H3/t15-/m0/s1. The Bertz CT molecular complexity index is 704. The number of hydrogen-bond acceptors (Lipinski definition) is 5. The minimum Gasteiger partial charge on any atom is -0.330 e. The summed E-state index contributed by atoms with van der Waals surface area (Å²) in [6.07, 6.45) is 6.19. The van der Waals surface area contributed by atoms with Gasteiger partial charge in [0.05, 0.1) is 11.2 Å². The largest absolute Gasteiger partial charge is 0.330 e. The normalized spacial score (nSPS) is 21.8. The van der Waals surface area contributed by atoms with Gasteiger partial charge in [0.1, 0.15) is 4.88 Å². The number of hydrogen-bond donors (Lipinski definition) is 1. The van der Waals surface area contributed by atoms with Crippen molar-refractivity contribution in [3.8, 4) is 0 Å². The molecule has 1 aliphatic heterocycles. The number of thiazole rings is 1. The fourth-order valence-corrected chi connectivity index (χ4v) is 5.32. The van der Waals surface area contributed by atoms with Crippen LogP contribution in [0.15, 0.2) is 23.0 Å². The van der Waals surface area contributed by atoms with E-state index >= 15 is 0 Å². The molecule has 1 N–H and O–H groups in total. The summed E-state index contributed by atoms with van der Waals surface area (Å²) in [6.45, 7) is 4.97. The van der Waals surface area contributed by atoms with Gasteiger partial charge in [0.15, 0.2) is 0 Å². The number of piperidine rings is 1. The molecule has 0 aromatic carbocycles. The Morgan fingerprint density at radius 2 is 2.29 bits per heavy atom. The summed E-state index contributed by atoms with van der Waals surface area (Å²) in [5.41, 5.74) is 1.60. The van der Waals surface area contributed by atoms with Crippen LogP contribution in [-0.4, -0.2) is 34.9 Å². The molecular formula is C18H23N3OS2. The van der Waals surface area contributed by atoms with Crippen molar-refractivity contribution in [3.05, 3.63) is 38.5 Å². The van der Waals surface area contributed by atoms with E-state index in [1.165, 1.54) is 18.4 Å². The number of carbonyl (C=O) groups is 1. The molecule has 3 heterocycles. The van der Waals surface area contributed by atoms with Crippen LogP contribution in [-0.2, 0) is 13.0 Å². The Morgan fingerprint density at radius 1 is 1.46 bits per heavy atom. The highest BCUT2D eigenvalue weighted by Gasteiger charge is 2.57. The van der Waals surface area contributed by atoms with Crippen molar-refractivity contribution in [2.75, 3.05) is 13.1 Å². The number of nitrogens with one attached hydrogen (secondary N) is 1. The van der Waals surface area contributed by atoms with Gasteiger partial charge in [-0.05, 0) is 66.6 Å². The van der Waals surface area contributed by atoms with E-state index in [0.717, 1.165) is 42.4 Å². The molecule has 4 nitrogen and oxygen atoms in total. The van der Waals surface area contributed by atoms with Gasteiger partial charge in [0.25, 0.3) is 5.91 Å². The van der Waals surface area contributed by atoms with Gasteiger partial charge < -0.3 is 10.2 Å². The van der Waals surface area contributed by atoms with Gasteiger partial charge in [-0.1, -0.05) is 6.92 Å². The van der Waals surface area contributed by atoms with Crippen LogP contribution in [0.25, 0.3) is 0 Å². The quantitative estimate of drug-likeness (QED) is 0.886. The topological polar surface area (TPSA) is 45.2 Å². The molecule has 1 atom stereocenters. The number of amides is 1. The molecule has 2 aromatic heterocycles. The highest BCUT2D eigenvalue weighted by atomic mass is 32.1. The number of carbonyl (C=O) groups excluding carboxylic acids is 1. The Morgan fingerprint density at radius 3 is 2.96 bits per heavy atom. The summed E-state index contributed by atoms with van der Waals surface area (Å²) in [5, 5.41) is 8.74. The van der Waals surface area contributed by atoms with Gasteiger partial charge in [-0.15, -0.1) is 11.3 Å². The van der Waals surface area contributed by atoms with Crippen LogP contribution < -0.4 is 5.32 Å². The van der Waals surface area contributed by atoms with E-state index in [4.69, 9.17) is 0 Å². The Kier molecular flexibility index (Phi) is 4.45. The maximum atomic E-state index is 13.2. The van der Waals surface area contributed by atoms with E-state index in [9.17, 15) is 4.79 Å². The Balaban J connectivity index is 1.57. The lowest BCUT2D eigenvalue weighted by molar-refractivity contribution is 0.0697. The molecule has 0 unspecified atom stereocenters. The van der Waals surface area contributed by atoms with Crippen molar-refractivity contribution in [2.45, 2.75) is 45.2 Å². The summed E-state index contributed by atoms with van der Waals surface area (Å²) < 4.78 is 0. The lowest BCUT2D eigenvalue weighted by Gasteiger charge is -2.29. The van der Waals surface area contributed by atoms with E-state index in [2.05, 4.69) is 39.0 Å². The molecule has 0 bridgehead atoms. The minimum atomic E-state index is 0.166. The lowest BCUT2D eigenvalue weighted by atomic mass is 9.93. The predicted octanol–water partition coefficient (Wildman–Crippen LogP) is 3.55. The van der Waals surface area contributed by atoms with Crippen molar-refractivity contribution in [2.24, 2.45) is 5.41 Å². The second-order valence-corrected chi connectivity index (χ2v) is 8.76. The third-order valence-electron chi connectivity index (χ3n) is 5.38. The zero-order chi connectivity index (χ0) is 16.6. The van der Waals surface area contributed by atoms with Crippen molar-refractivity contribution in [1.82, 2.24) is 15.2 Å². The molecule has 1 amide bonds. The van der Waals surface area contributed by atoms with E-state index in [-0.39, 0.29) is 5.91 Å². The molecule has 2 fully saturated rings. The number of thiophene rings is 1. The van der Waals surface area contributed by atoms with Gasteiger partial charge >= 0.3 is 0 Å². The highest BCUT2D eigenvalue weighted by Crippen LogP contribution is 2.56. The van der Waals surface area contributed by atoms with Gasteiger partial charge in [-0.2, -0.15) is 11.3 Å². The second-order valence-electron chi connectivity index (χ2n) is 6.87.